The number of methoxy groups -OCH3 is 1. The Balaban J connectivity index is 2.24. The highest BCUT2D eigenvalue weighted by molar-refractivity contribution is 7.98. The van der Waals surface area contributed by atoms with Crippen LogP contribution in [0.4, 0.5) is 5.82 Å². The number of rotatable bonds is 7. The lowest BCUT2D eigenvalue weighted by atomic mass is 10.3. The zero-order valence-corrected chi connectivity index (χ0v) is 10.1. The topological polar surface area (TPSA) is 34.1 Å². The summed E-state index contributed by atoms with van der Waals surface area (Å²) in [6, 6.07) is 5.74. The molecule has 0 saturated carbocycles. The maximum atomic E-state index is 5.05. The zero-order chi connectivity index (χ0) is 10.9. The zero-order valence-electron chi connectivity index (χ0n) is 9.32. The molecule has 0 bridgehead atoms. The molecule has 4 heteroatoms. The molecule has 1 N–H and O–H groups in total. The molecule has 1 aromatic heterocycles. The molecule has 1 rings (SSSR count). The van der Waals surface area contributed by atoms with Gasteiger partial charge in [-0.3, -0.25) is 0 Å². The summed E-state index contributed by atoms with van der Waals surface area (Å²) in [5.74, 6) is 2.77. The van der Waals surface area contributed by atoms with Crippen molar-refractivity contribution >= 4 is 17.6 Å². The van der Waals surface area contributed by atoms with Gasteiger partial charge in [0.1, 0.15) is 5.82 Å². The minimum atomic E-state index is 0.657. The largest absolute Gasteiger partial charge is 0.481 e. The molecule has 0 aromatic carbocycles. The van der Waals surface area contributed by atoms with Crippen LogP contribution in [0.3, 0.4) is 0 Å². The van der Waals surface area contributed by atoms with Gasteiger partial charge < -0.3 is 10.1 Å². The average molecular weight is 226 g/mol. The van der Waals surface area contributed by atoms with Crippen LogP contribution in [-0.4, -0.2) is 30.6 Å². The van der Waals surface area contributed by atoms with Crippen LogP contribution in [0.1, 0.15) is 12.8 Å². The van der Waals surface area contributed by atoms with Crippen LogP contribution in [0.2, 0.25) is 0 Å². The Hall–Kier alpha value is -0.900. The molecular weight excluding hydrogens is 208 g/mol. The van der Waals surface area contributed by atoms with Gasteiger partial charge in [0.15, 0.2) is 0 Å². The maximum Gasteiger partial charge on any atom is 0.214 e. The number of hydrogen-bond donors (Lipinski definition) is 1. The minimum absolute atomic E-state index is 0.657. The molecule has 0 aliphatic carbocycles. The maximum absolute atomic E-state index is 5.05. The SMILES string of the molecule is COc1cccc(NCCCCSC)n1. The number of nitrogens with one attached hydrogen (secondary N) is 1. The van der Waals surface area contributed by atoms with E-state index in [0.29, 0.717) is 5.88 Å². The number of aromatic nitrogens is 1. The van der Waals surface area contributed by atoms with Crippen molar-refractivity contribution in [3.63, 3.8) is 0 Å². The highest BCUT2D eigenvalue weighted by atomic mass is 32.2. The Morgan fingerprint density at radius 1 is 1.40 bits per heavy atom. The normalized spacial score (nSPS) is 10.0. The van der Waals surface area contributed by atoms with Gasteiger partial charge in [-0.25, -0.2) is 0 Å². The Bertz CT molecular complexity index is 281. The second-order valence-corrected chi connectivity index (χ2v) is 4.18. The van der Waals surface area contributed by atoms with Gasteiger partial charge in [0.05, 0.1) is 7.11 Å². The highest BCUT2D eigenvalue weighted by Crippen LogP contribution is 2.10. The van der Waals surface area contributed by atoms with Crippen molar-refractivity contribution < 1.29 is 4.74 Å². The van der Waals surface area contributed by atoms with E-state index in [0.717, 1.165) is 12.4 Å². The summed E-state index contributed by atoms with van der Waals surface area (Å²) in [6.45, 7) is 0.973. The van der Waals surface area contributed by atoms with Gasteiger partial charge in [-0.15, -0.1) is 0 Å². The predicted octanol–water partition coefficient (Wildman–Crippen LogP) is 2.65. The van der Waals surface area contributed by atoms with Crippen LogP contribution in [0.25, 0.3) is 0 Å². The molecule has 15 heavy (non-hydrogen) atoms. The number of nitrogens with zero attached hydrogens (tertiary/aromatic N) is 1. The van der Waals surface area contributed by atoms with Gasteiger partial charge in [0, 0.05) is 12.6 Å². The van der Waals surface area contributed by atoms with Gasteiger partial charge in [0.2, 0.25) is 5.88 Å². The molecule has 0 radical (unpaired) electrons. The van der Waals surface area contributed by atoms with E-state index in [1.165, 1.54) is 18.6 Å². The molecule has 0 aliphatic heterocycles. The molecule has 0 saturated heterocycles. The Morgan fingerprint density at radius 2 is 2.27 bits per heavy atom. The van der Waals surface area contributed by atoms with E-state index in [2.05, 4.69) is 16.6 Å². The van der Waals surface area contributed by atoms with E-state index in [1.807, 2.05) is 30.0 Å². The second kappa shape index (κ2) is 7.40. The number of ether oxygens (including phenoxy) is 1. The van der Waals surface area contributed by atoms with Gasteiger partial charge in [-0.1, -0.05) is 6.07 Å². The fraction of sp³-hybridized carbons (Fsp3) is 0.545. The third kappa shape index (κ3) is 4.93. The van der Waals surface area contributed by atoms with Crippen molar-refractivity contribution in [2.24, 2.45) is 0 Å². The van der Waals surface area contributed by atoms with E-state index in [1.54, 1.807) is 7.11 Å². The molecule has 0 aliphatic rings. The van der Waals surface area contributed by atoms with Crippen molar-refractivity contribution in [1.29, 1.82) is 0 Å². The molecule has 1 aromatic rings. The standard InChI is InChI=1S/C11H18N2OS/c1-14-11-7-5-6-10(13-11)12-8-3-4-9-15-2/h5-7H,3-4,8-9H2,1-2H3,(H,12,13). The molecule has 0 amide bonds. The summed E-state index contributed by atoms with van der Waals surface area (Å²) in [5.41, 5.74) is 0. The fourth-order valence-corrected chi connectivity index (χ4v) is 1.71. The van der Waals surface area contributed by atoms with Crippen molar-refractivity contribution in [2.45, 2.75) is 12.8 Å². The molecule has 1 heterocycles. The lowest BCUT2D eigenvalue weighted by molar-refractivity contribution is 0.398. The monoisotopic (exact) mass is 226 g/mol. The lowest BCUT2D eigenvalue weighted by Gasteiger charge is -2.06. The summed E-state index contributed by atoms with van der Waals surface area (Å²) in [6.07, 6.45) is 4.56. The van der Waals surface area contributed by atoms with Crippen LogP contribution in [-0.2, 0) is 0 Å². The molecule has 0 atom stereocenters. The van der Waals surface area contributed by atoms with Crippen molar-refractivity contribution in [1.82, 2.24) is 4.98 Å². The van der Waals surface area contributed by atoms with E-state index in [-0.39, 0.29) is 0 Å². The fourth-order valence-electron chi connectivity index (χ4n) is 1.21. The Labute approximate surface area is 95.6 Å². The summed E-state index contributed by atoms with van der Waals surface area (Å²) in [5, 5.41) is 3.28. The number of hydrogen-bond acceptors (Lipinski definition) is 4. The van der Waals surface area contributed by atoms with Crippen LogP contribution < -0.4 is 10.1 Å². The molecular formula is C11H18N2OS. The van der Waals surface area contributed by atoms with Gasteiger partial charge >= 0.3 is 0 Å². The quantitative estimate of drug-likeness (QED) is 0.725. The summed E-state index contributed by atoms with van der Waals surface area (Å²) < 4.78 is 5.05. The number of pyridine rings is 1. The van der Waals surface area contributed by atoms with E-state index >= 15 is 0 Å². The lowest BCUT2D eigenvalue weighted by Crippen LogP contribution is -2.04. The summed E-state index contributed by atoms with van der Waals surface area (Å²) in [4.78, 5) is 4.27. The Kier molecular flexibility index (Phi) is 6.00. The van der Waals surface area contributed by atoms with Crippen molar-refractivity contribution in [2.75, 3.05) is 31.0 Å². The smallest absolute Gasteiger partial charge is 0.214 e. The highest BCUT2D eigenvalue weighted by Gasteiger charge is 1.95. The molecule has 0 fully saturated rings. The van der Waals surface area contributed by atoms with E-state index in [4.69, 9.17) is 4.74 Å². The molecule has 3 nitrogen and oxygen atoms in total. The van der Waals surface area contributed by atoms with Crippen LogP contribution in [0, 0.1) is 0 Å². The third-order valence-corrected chi connectivity index (χ3v) is 2.71. The van der Waals surface area contributed by atoms with Crippen molar-refractivity contribution in [3.8, 4) is 5.88 Å². The molecule has 84 valence electrons. The third-order valence-electron chi connectivity index (χ3n) is 2.01. The molecule has 0 unspecified atom stereocenters. The van der Waals surface area contributed by atoms with E-state index in [9.17, 15) is 0 Å². The van der Waals surface area contributed by atoms with Crippen LogP contribution in [0.5, 0.6) is 5.88 Å². The second-order valence-electron chi connectivity index (χ2n) is 3.19. The minimum Gasteiger partial charge on any atom is -0.481 e. The first-order valence-electron chi connectivity index (χ1n) is 5.10. The number of thioether (sulfide) groups is 1. The van der Waals surface area contributed by atoms with Crippen molar-refractivity contribution in [3.05, 3.63) is 18.2 Å². The predicted molar refractivity (Wildman–Crippen MR) is 66.9 cm³/mol. The Morgan fingerprint density at radius 3 is 3.00 bits per heavy atom. The van der Waals surface area contributed by atoms with Gasteiger partial charge in [-0.2, -0.15) is 16.7 Å². The van der Waals surface area contributed by atoms with Crippen LogP contribution in [0.15, 0.2) is 18.2 Å². The molecule has 0 spiro atoms. The summed E-state index contributed by atoms with van der Waals surface area (Å²) >= 11 is 1.89. The van der Waals surface area contributed by atoms with Crippen LogP contribution >= 0.6 is 11.8 Å². The number of unbranched alkanes of at least 4 members (excludes halogenated alkanes) is 1. The first-order valence-corrected chi connectivity index (χ1v) is 6.50. The first-order chi connectivity index (χ1) is 7.36. The average Bonchev–Trinajstić information content (AvgIpc) is 2.29. The number of anilines is 1. The van der Waals surface area contributed by atoms with Gasteiger partial charge in [0.25, 0.3) is 0 Å². The first kappa shape index (κ1) is 12.2. The van der Waals surface area contributed by atoms with E-state index < -0.39 is 0 Å². The summed E-state index contributed by atoms with van der Waals surface area (Å²) in [7, 11) is 1.63. The van der Waals surface area contributed by atoms with Gasteiger partial charge in [-0.05, 0) is 30.9 Å².